The zero-order valence-corrected chi connectivity index (χ0v) is 17.8. The first kappa shape index (κ1) is 22.1. The van der Waals surface area contributed by atoms with Crippen molar-refractivity contribution in [1.82, 2.24) is 0 Å². The fraction of sp³-hybridized carbons (Fsp3) is 0.292. The van der Waals surface area contributed by atoms with Gasteiger partial charge in [0.2, 0.25) is 0 Å². The van der Waals surface area contributed by atoms with Crippen LogP contribution in [-0.2, 0) is 30.2 Å². The maximum Gasteiger partial charge on any atom is 0.350 e. The zero-order chi connectivity index (χ0) is 22.4. The molecule has 31 heavy (non-hydrogen) atoms. The number of nitrogens with one attached hydrogen (secondary N) is 1. The summed E-state index contributed by atoms with van der Waals surface area (Å²) in [6, 6.07) is 16.5. The molecule has 162 valence electrons. The van der Waals surface area contributed by atoms with Crippen LogP contribution in [0.5, 0.6) is 0 Å². The first-order valence-corrected chi connectivity index (χ1v) is 9.98. The van der Waals surface area contributed by atoms with Crippen molar-refractivity contribution in [2.24, 2.45) is 0 Å². The van der Waals surface area contributed by atoms with E-state index in [1.165, 1.54) is 21.0 Å². The monoisotopic (exact) mass is 423 g/mol. The molecule has 0 atom stereocenters. The largest absolute Gasteiger partial charge is 0.465 e. The molecule has 1 saturated heterocycles. The number of allylic oxidation sites excluding steroid dienone is 1. The smallest absolute Gasteiger partial charge is 0.350 e. The van der Waals surface area contributed by atoms with Gasteiger partial charge < -0.3 is 19.5 Å². The summed E-state index contributed by atoms with van der Waals surface area (Å²) >= 11 is 0. The Morgan fingerprint density at radius 2 is 1.58 bits per heavy atom. The van der Waals surface area contributed by atoms with Gasteiger partial charge in [0.15, 0.2) is 5.57 Å². The standard InChI is InChI=1S/C24H25NO6/c1-24(2)30-22(27)20(23(28)31-24)19(11-7-10-16-8-5-4-6-9-16)25-18-14-12-17(13-15-18)21(26)29-3/h4-6,8-9,12-15,25H,7,10-11H2,1-3H3. The Morgan fingerprint density at radius 1 is 0.968 bits per heavy atom. The molecule has 0 aliphatic carbocycles. The van der Waals surface area contributed by atoms with Gasteiger partial charge >= 0.3 is 17.9 Å². The van der Waals surface area contributed by atoms with E-state index in [4.69, 9.17) is 14.2 Å². The Morgan fingerprint density at radius 3 is 2.16 bits per heavy atom. The van der Waals surface area contributed by atoms with Crippen LogP contribution in [0.1, 0.15) is 42.6 Å². The van der Waals surface area contributed by atoms with E-state index in [9.17, 15) is 14.4 Å². The summed E-state index contributed by atoms with van der Waals surface area (Å²) < 4.78 is 15.2. The van der Waals surface area contributed by atoms with Gasteiger partial charge in [0, 0.05) is 25.2 Å². The fourth-order valence-corrected chi connectivity index (χ4v) is 3.24. The van der Waals surface area contributed by atoms with Crippen molar-refractivity contribution in [3.8, 4) is 0 Å². The number of ether oxygens (including phenoxy) is 3. The molecule has 7 heteroatoms. The Kier molecular flexibility index (Phi) is 6.74. The van der Waals surface area contributed by atoms with Gasteiger partial charge in [-0.3, -0.25) is 0 Å². The number of carbonyl (C=O) groups excluding carboxylic acids is 3. The first-order chi connectivity index (χ1) is 14.8. The number of esters is 3. The molecule has 1 N–H and O–H groups in total. The molecular weight excluding hydrogens is 398 g/mol. The highest BCUT2D eigenvalue weighted by Gasteiger charge is 2.40. The lowest BCUT2D eigenvalue weighted by molar-refractivity contribution is -0.222. The predicted molar refractivity (Wildman–Crippen MR) is 114 cm³/mol. The molecule has 0 spiro atoms. The molecule has 0 aromatic heterocycles. The number of cyclic esters (lactones) is 2. The topological polar surface area (TPSA) is 90.9 Å². The first-order valence-electron chi connectivity index (χ1n) is 9.98. The Hall–Kier alpha value is -3.61. The Balaban J connectivity index is 1.84. The third-order valence-electron chi connectivity index (χ3n) is 4.72. The van der Waals surface area contributed by atoms with E-state index in [0.717, 1.165) is 12.0 Å². The maximum absolute atomic E-state index is 12.6. The molecule has 1 aliphatic rings. The van der Waals surface area contributed by atoms with Gasteiger partial charge in [0.25, 0.3) is 5.79 Å². The van der Waals surface area contributed by atoms with Gasteiger partial charge in [-0.2, -0.15) is 0 Å². The van der Waals surface area contributed by atoms with E-state index in [2.05, 4.69) is 5.32 Å². The molecule has 1 aliphatic heterocycles. The SMILES string of the molecule is COC(=O)c1ccc(NC(CCCc2ccccc2)=C2C(=O)OC(C)(C)OC2=O)cc1. The summed E-state index contributed by atoms with van der Waals surface area (Å²) in [5, 5.41) is 3.13. The van der Waals surface area contributed by atoms with Crippen LogP contribution in [0.25, 0.3) is 0 Å². The predicted octanol–water partition coefficient (Wildman–Crippen LogP) is 4.00. The van der Waals surface area contributed by atoms with E-state index in [-0.39, 0.29) is 5.57 Å². The summed E-state index contributed by atoms with van der Waals surface area (Å²) in [4.78, 5) is 36.8. The van der Waals surface area contributed by atoms with Crippen LogP contribution >= 0.6 is 0 Å². The Labute approximate surface area is 181 Å². The number of aryl methyl sites for hydroxylation is 1. The summed E-state index contributed by atoms with van der Waals surface area (Å²) in [7, 11) is 1.31. The third-order valence-corrected chi connectivity index (χ3v) is 4.72. The van der Waals surface area contributed by atoms with Crippen LogP contribution in [-0.4, -0.2) is 30.8 Å². The number of rotatable bonds is 7. The van der Waals surface area contributed by atoms with Crippen molar-refractivity contribution in [3.05, 3.63) is 77.0 Å². The zero-order valence-electron chi connectivity index (χ0n) is 17.8. The van der Waals surface area contributed by atoms with Crippen LogP contribution in [0.15, 0.2) is 65.9 Å². The summed E-state index contributed by atoms with van der Waals surface area (Å²) in [5.41, 5.74) is 2.42. The fourth-order valence-electron chi connectivity index (χ4n) is 3.24. The molecule has 0 saturated carbocycles. The van der Waals surface area contributed by atoms with Crippen molar-refractivity contribution >= 4 is 23.6 Å². The molecule has 0 amide bonds. The molecular formula is C24H25NO6. The van der Waals surface area contributed by atoms with Crippen molar-refractivity contribution < 1.29 is 28.6 Å². The summed E-state index contributed by atoms with van der Waals surface area (Å²) in [6.07, 6.45) is 1.89. The summed E-state index contributed by atoms with van der Waals surface area (Å²) in [6.45, 7) is 3.02. The minimum atomic E-state index is -1.31. The highest BCUT2D eigenvalue weighted by Crippen LogP contribution is 2.27. The molecule has 0 unspecified atom stereocenters. The second-order valence-electron chi connectivity index (χ2n) is 7.57. The van der Waals surface area contributed by atoms with Gasteiger partial charge in [-0.15, -0.1) is 0 Å². The van der Waals surface area contributed by atoms with Gasteiger partial charge in [0.05, 0.1) is 12.7 Å². The Bertz CT molecular complexity index is 970. The minimum Gasteiger partial charge on any atom is -0.465 e. The van der Waals surface area contributed by atoms with E-state index in [0.29, 0.717) is 29.8 Å². The highest BCUT2D eigenvalue weighted by molar-refractivity contribution is 6.16. The second kappa shape index (κ2) is 9.47. The van der Waals surface area contributed by atoms with Crippen LogP contribution < -0.4 is 5.32 Å². The third kappa shape index (κ3) is 5.72. The number of anilines is 1. The molecule has 1 heterocycles. The highest BCUT2D eigenvalue weighted by atomic mass is 16.7. The molecule has 0 bridgehead atoms. The average molecular weight is 423 g/mol. The van der Waals surface area contributed by atoms with Crippen LogP contribution in [0.4, 0.5) is 5.69 Å². The normalized spacial score (nSPS) is 15.0. The summed E-state index contributed by atoms with van der Waals surface area (Å²) in [5.74, 6) is -3.21. The van der Waals surface area contributed by atoms with Crippen molar-refractivity contribution in [2.75, 3.05) is 12.4 Å². The number of hydrogen-bond acceptors (Lipinski definition) is 7. The van der Waals surface area contributed by atoms with Gasteiger partial charge in [-0.25, -0.2) is 14.4 Å². The average Bonchev–Trinajstić information content (AvgIpc) is 2.73. The second-order valence-corrected chi connectivity index (χ2v) is 7.57. The van der Waals surface area contributed by atoms with Gasteiger partial charge in [-0.1, -0.05) is 30.3 Å². The van der Waals surface area contributed by atoms with Crippen molar-refractivity contribution in [2.45, 2.75) is 38.9 Å². The molecule has 3 rings (SSSR count). The lowest BCUT2D eigenvalue weighted by Crippen LogP contribution is -2.42. The van der Waals surface area contributed by atoms with E-state index >= 15 is 0 Å². The van der Waals surface area contributed by atoms with Crippen LogP contribution in [0.2, 0.25) is 0 Å². The number of hydrogen-bond donors (Lipinski definition) is 1. The van der Waals surface area contributed by atoms with E-state index < -0.39 is 23.7 Å². The lowest BCUT2D eigenvalue weighted by Gasteiger charge is -2.31. The van der Waals surface area contributed by atoms with E-state index in [1.54, 1.807) is 24.3 Å². The van der Waals surface area contributed by atoms with Gasteiger partial charge in [0.1, 0.15) is 0 Å². The molecule has 2 aromatic rings. The van der Waals surface area contributed by atoms with Crippen LogP contribution in [0, 0.1) is 0 Å². The maximum atomic E-state index is 12.6. The molecule has 7 nitrogen and oxygen atoms in total. The molecule has 2 aromatic carbocycles. The van der Waals surface area contributed by atoms with Crippen molar-refractivity contribution in [1.29, 1.82) is 0 Å². The number of benzene rings is 2. The van der Waals surface area contributed by atoms with Crippen molar-refractivity contribution in [3.63, 3.8) is 0 Å². The lowest BCUT2D eigenvalue weighted by atomic mass is 10.0. The number of methoxy groups -OCH3 is 1. The number of carbonyl (C=O) groups is 3. The van der Waals surface area contributed by atoms with E-state index in [1.807, 2.05) is 30.3 Å². The van der Waals surface area contributed by atoms with Crippen LogP contribution in [0.3, 0.4) is 0 Å². The quantitative estimate of drug-likeness (QED) is 0.409. The minimum absolute atomic E-state index is 0.149. The van der Waals surface area contributed by atoms with Gasteiger partial charge in [-0.05, 0) is 49.1 Å². The molecule has 1 fully saturated rings. The molecule has 0 radical (unpaired) electrons.